The fourth-order valence-corrected chi connectivity index (χ4v) is 2.59. The number of carbonyl (C=O) groups is 1. The summed E-state index contributed by atoms with van der Waals surface area (Å²) < 4.78 is 34.5. The Labute approximate surface area is 159 Å². The summed E-state index contributed by atoms with van der Waals surface area (Å²) in [6.07, 6.45) is 2.71. The lowest BCUT2D eigenvalue weighted by molar-refractivity contribution is -0.0514. The van der Waals surface area contributed by atoms with Crippen molar-refractivity contribution in [3.8, 4) is 11.5 Å². The molecule has 2 aromatic rings. The highest BCUT2D eigenvalue weighted by molar-refractivity contribution is 6.35. The van der Waals surface area contributed by atoms with Crippen LogP contribution in [0.3, 0.4) is 0 Å². The van der Waals surface area contributed by atoms with Crippen LogP contribution in [0.5, 0.6) is 11.5 Å². The molecule has 0 atom stereocenters. The molecule has 8 heteroatoms. The molecule has 0 aliphatic rings. The number of carbonyl (C=O) groups excluding carboxylic acids is 1. The van der Waals surface area contributed by atoms with Gasteiger partial charge in [-0.3, -0.25) is 4.79 Å². The minimum absolute atomic E-state index is 0.0685. The highest BCUT2D eigenvalue weighted by atomic mass is 35.5. The molecule has 0 radical (unpaired) electrons. The van der Waals surface area contributed by atoms with Crippen LogP contribution in [0.1, 0.15) is 17.3 Å². The van der Waals surface area contributed by atoms with E-state index >= 15 is 0 Å². The Hall–Kier alpha value is -2.31. The van der Waals surface area contributed by atoms with E-state index < -0.39 is 6.61 Å². The van der Waals surface area contributed by atoms with Crippen molar-refractivity contribution in [1.29, 1.82) is 0 Å². The van der Waals surface area contributed by atoms with Crippen molar-refractivity contribution in [1.82, 2.24) is 0 Å². The third kappa shape index (κ3) is 5.89. The molecule has 0 bridgehead atoms. The zero-order valence-electron chi connectivity index (χ0n) is 13.6. The van der Waals surface area contributed by atoms with Crippen molar-refractivity contribution in [3.05, 3.63) is 64.3 Å². The monoisotopic (exact) mass is 401 g/mol. The summed E-state index contributed by atoms with van der Waals surface area (Å²) in [5.74, 6) is -0.204. The van der Waals surface area contributed by atoms with E-state index in [1.54, 1.807) is 6.92 Å². The molecule has 1 N–H and O–H groups in total. The summed E-state index contributed by atoms with van der Waals surface area (Å²) in [6, 6.07) is 8.90. The van der Waals surface area contributed by atoms with Gasteiger partial charge in [0.05, 0.1) is 6.61 Å². The first-order valence-corrected chi connectivity index (χ1v) is 8.29. The zero-order valence-corrected chi connectivity index (χ0v) is 15.2. The number of rotatable bonds is 8. The first-order chi connectivity index (χ1) is 12.4. The highest BCUT2D eigenvalue weighted by Gasteiger charge is 2.11. The lowest BCUT2D eigenvalue weighted by Crippen LogP contribution is -2.05. The van der Waals surface area contributed by atoms with Gasteiger partial charge in [0.15, 0.2) is 17.3 Å². The van der Waals surface area contributed by atoms with E-state index in [0.29, 0.717) is 21.3 Å². The van der Waals surface area contributed by atoms with E-state index in [0.717, 1.165) is 0 Å². The molecule has 0 saturated carbocycles. The van der Waals surface area contributed by atoms with E-state index in [1.807, 2.05) is 0 Å². The summed E-state index contributed by atoms with van der Waals surface area (Å²) in [4.78, 5) is 12.1. The van der Waals surface area contributed by atoms with Crippen LogP contribution in [-0.4, -0.2) is 19.0 Å². The molecule has 138 valence electrons. The molecular formula is C18H15Cl2F2NO3. The Morgan fingerprint density at radius 3 is 2.46 bits per heavy atom. The molecular weight excluding hydrogens is 387 g/mol. The molecule has 0 fully saturated rings. The SMILES string of the molecule is CCOc1cc(NC=CC(=O)c2cc(Cl)cc(Cl)c2)ccc1OC(F)F. The molecule has 0 aliphatic carbocycles. The molecule has 4 nitrogen and oxygen atoms in total. The number of hydrogen-bond donors (Lipinski definition) is 1. The third-order valence-electron chi connectivity index (χ3n) is 3.09. The molecule has 0 heterocycles. The predicted octanol–water partition coefficient (Wildman–Crippen LogP) is 5.80. The van der Waals surface area contributed by atoms with Gasteiger partial charge in [-0.2, -0.15) is 8.78 Å². The van der Waals surface area contributed by atoms with Gasteiger partial charge >= 0.3 is 6.61 Å². The van der Waals surface area contributed by atoms with Crippen molar-refractivity contribution >= 4 is 34.7 Å². The maximum atomic E-state index is 12.4. The van der Waals surface area contributed by atoms with Crippen molar-refractivity contribution in [2.24, 2.45) is 0 Å². The van der Waals surface area contributed by atoms with Crippen LogP contribution in [0.25, 0.3) is 0 Å². The van der Waals surface area contributed by atoms with E-state index in [-0.39, 0.29) is 23.9 Å². The maximum Gasteiger partial charge on any atom is 0.387 e. The largest absolute Gasteiger partial charge is 0.490 e. The zero-order chi connectivity index (χ0) is 19.1. The lowest BCUT2D eigenvalue weighted by atomic mass is 10.1. The highest BCUT2D eigenvalue weighted by Crippen LogP contribution is 2.31. The smallest absolute Gasteiger partial charge is 0.387 e. The molecule has 0 aromatic heterocycles. The summed E-state index contributed by atoms with van der Waals surface area (Å²) >= 11 is 11.7. The Morgan fingerprint density at radius 2 is 1.85 bits per heavy atom. The van der Waals surface area contributed by atoms with Crippen LogP contribution >= 0.6 is 23.2 Å². The van der Waals surface area contributed by atoms with E-state index in [4.69, 9.17) is 27.9 Å². The Bertz CT molecular complexity index is 793. The second-order valence-corrected chi connectivity index (χ2v) is 5.85. The van der Waals surface area contributed by atoms with Crippen LogP contribution < -0.4 is 14.8 Å². The van der Waals surface area contributed by atoms with Crippen LogP contribution in [-0.2, 0) is 0 Å². The van der Waals surface area contributed by atoms with Gasteiger partial charge in [-0.25, -0.2) is 0 Å². The van der Waals surface area contributed by atoms with Crippen LogP contribution in [0.15, 0.2) is 48.7 Å². The molecule has 0 saturated heterocycles. The van der Waals surface area contributed by atoms with Crippen molar-refractivity contribution in [3.63, 3.8) is 0 Å². The minimum atomic E-state index is -2.95. The average Bonchev–Trinajstić information content (AvgIpc) is 2.56. The number of nitrogens with one attached hydrogen (secondary N) is 1. The number of allylic oxidation sites excluding steroid dienone is 1. The number of hydrogen-bond acceptors (Lipinski definition) is 4. The molecule has 0 unspecified atom stereocenters. The van der Waals surface area contributed by atoms with Gasteiger partial charge in [0.2, 0.25) is 0 Å². The molecule has 0 amide bonds. The fourth-order valence-electron chi connectivity index (χ4n) is 2.07. The van der Waals surface area contributed by atoms with Gasteiger partial charge in [0, 0.05) is 39.6 Å². The minimum Gasteiger partial charge on any atom is -0.490 e. The Morgan fingerprint density at radius 1 is 1.15 bits per heavy atom. The number of halogens is 4. The lowest BCUT2D eigenvalue weighted by Gasteiger charge is -2.12. The van der Waals surface area contributed by atoms with E-state index in [2.05, 4.69) is 10.1 Å². The molecule has 26 heavy (non-hydrogen) atoms. The summed E-state index contributed by atoms with van der Waals surface area (Å²) in [7, 11) is 0. The quantitative estimate of drug-likeness (QED) is 0.448. The van der Waals surface area contributed by atoms with E-state index in [1.165, 1.54) is 48.7 Å². The van der Waals surface area contributed by atoms with Crippen molar-refractivity contribution < 1.29 is 23.0 Å². The van der Waals surface area contributed by atoms with Gasteiger partial charge in [-0.1, -0.05) is 23.2 Å². The normalized spacial score (nSPS) is 11.0. The summed E-state index contributed by atoms with van der Waals surface area (Å²) in [5, 5.41) is 3.58. The summed E-state index contributed by atoms with van der Waals surface area (Å²) in [5.41, 5.74) is 0.875. The second-order valence-electron chi connectivity index (χ2n) is 4.97. The Balaban J connectivity index is 2.09. The average molecular weight is 402 g/mol. The molecule has 0 aliphatic heterocycles. The fraction of sp³-hybridized carbons (Fsp3) is 0.167. The Kier molecular flexibility index (Phi) is 7.24. The number of ether oxygens (including phenoxy) is 2. The number of ketones is 1. The van der Waals surface area contributed by atoms with Gasteiger partial charge in [0.25, 0.3) is 0 Å². The van der Waals surface area contributed by atoms with Gasteiger partial charge in [0.1, 0.15) is 0 Å². The van der Waals surface area contributed by atoms with Crippen LogP contribution in [0.4, 0.5) is 14.5 Å². The van der Waals surface area contributed by atoms with Gasteiger partial charge in [-0.05, 0) is 37.3 Å². The van der Waals surface area contributed by atoms with Gasteiger partial charge < -0.3 is 14.8 Å². The first kappa shape index (κ1) is 20.0. The summed E-state index contributed by atoms with van der Waals surface area (Å²) in [6.45, 7) is -0.941. The number of alkyl halides is 2. The predicted molar refractivity (Wildman–Crippen MR) is 97.8 cm³/mol. The maximum absolute atomic E-state index is 12.4. The third-order valence-corrected chi connectivity index (χ3v) is 3.53. The van der Waals surface area contributed by atoms with Crippen LogP contribution in [0.2, 0.25) is 10.0 Å². The van der Waals surface area contributed by atoms with Gasteiger partial charge in [-0.15, -0.1) is 0 Å². The second kappa shape index (κ2) is 9.40. The number of benzene rings is 2. The van der Waals surface area contributed by atoms with Crippen molar-refractivity contribution in [2.45, 2.75) is 13.5 Å². The topological polar surface area (TPSA) is 47.6 Å². The van der Waals surface area contributed by atoms with E-state index in [9.17, 15) is 13.6 Å². The van der Waals surface area contributed by atoms with Crippen LogP contribution in [0, 0.1) is 0 Å². The standard InChI is InChI=1S/C18H15Cl2F2NO3/c1-2-25-17-10-14(3-4-16(17)26-18(21)22)23-6-5-15(24)11-7-12(19)9-13(20)8-11/h3-10,18,23H,2H2,1H3. The molecule has 0 spiro atoms. The molecule has 2 aromatic carbocycles. The first-order valence-electron chi connectivity index (χ1n) is 7.54. The number of anilines is 1. The van der Waals surface area contributed by atoms with Crippen molar-refractivity contribution in [2.75, 3.05) is 11.9 Å². The molecule has 2 rings (SSSR count).